The smallest absolute Gasteiger partial charge is 0.315 e. The second-order valence-electron chi connectivity index (χ2n) is 6.83. The Morgan fingerprint density at radius 2 is 1.79 bits per heavy atom. The van der Waals surface area contributed by atoms with Gasteiger partial charge in [-0.2, -0.15) is 0 Å². The quantitative estimate of drug-likeness (QED) is 0.489. The number of nitrogens with one attached hydrogen (secondary N) is 2. The maximum atomic E-state index is 12.2. The van der Waals surface area contributed by atoms with Crippen LogP contribution in [0.15, 0.2) is 6.20 Å². The average molecular weight is 401 g/mol. The number of halogens is 1. The van der Waals surface area contributed by atoms with Gasteiger partial charge < -0.3 is 10.6 Å². The minimum Gasteiger partial charge on any atom is -0.336 e. The lowest BCUT2D eigenvalue weighted by molar-refractivity contribution is -0.118. The van der Waals surface area contributed by atoms with Crippen LogP contribution in [0.4, 0.5) is 9.18 Å². The Labute approximate surface area is 169 Å². The monoisotopic (exact) mass is 400 g/mol. The van der Waals surface area contributed by atoms with Crippen LogP contribution in [0.25, 0.3) is 0 Å². The number of Topliss-reactive ketones (excluding diaryl/α,β-unsaturated/α-hetero) is 1. The van der Waals surface area contributed by atoms with E-state index in [0.717, 1.165) is 32.1 Å². The number of aryl methyl sites for hydroxylation is 1. The summed E-state index contributed by atoms with van der Waals surface area (Å²) in [4.78, 5) is 23.8. The molecule has 164 valence electrons. The van der Waals surface area contributed by atoms with Crippen LogP contribution in [0.3, 0.4) is 0 Å². The summed E-state index contributed by atoms with van der Waals surface area (Å²) in [6, 6.07) is 0.109. The normalized spacial score (nSPS) is 12.3. The SMILES string of the molecule is C.C.CCCC(C)NC(=O)NC(C)CCCCC(=O)Cc1cn(CC[18F])nn1. The van der Waals surface area contributed by atoms with Crippen molar-refractivity contribution < 1.29 is 14.0 Å². The van der Waals surface area contributed by atoms with Crippen molar-refractivity contribution in [3.05, 3.63) is 11.9 Å². The van der Waals surface area contributed by atoms with Crippen LogP contribution in [0, 0.1) is 0 Å². The van der Waals surface area contributed by atoms with Gasteiger partial charge in [0.05, 0.1) is 18.7 Å². The standard InChI is InChI=1S/C18H32FN5O2.2CH4/c1-4-7-14(2)20-18(26)21-15(3)8-5-6-9-17(25)12-16-13-24(11-10-19)23-22-16;;/h13-15H,4-12H2,1-3H3,(H2,20,21,26);2*1H4/i19-1;;. The number of carbonyl (C=O) groups is 2. The van der Waals surface area contributed by atoms with E-state index in [1.165, 1.54) is 4.68 Å². The topological polar surface area (TPSA) is 88.9 Å². The summed E-state index contributed by atoms with van der Waals surface area (Å²) in [5.74, 6) is 0.101. The molecule has 2 atom stereocenters. The molecule has 7 nitrogen and oxygen atoms in total. The van der Waals surface area contributed by atoms with Gasteiger partial charge in [-0.25, -0.2) is 13.9 Å². The van der Waals surface area contributed by atoms with Crippen LogP contribution in [-0.4, -0.2) is 45.6 Å². The molecule has 28 heavy (non-hydrogen) atoms. The molecular weight excluding hydrogens is 360 g/mol. The molecule has 2 N–H and O–H groups in total. The maximum Gasteiger partial charge on any atom is 0.315 e. The largest absolute Gasteiger partial charge is 0.336 e. The third kappa shape index (κ3) is 12.4. The Balaban J connectivity index is 0. The first-order valence-corrected chi connectivity index (χ1v) is 9.48. The molecule has 0 aliphatic carbocycles. The van der Waals surface area contributed by atoms with Crippen LogP contribution in [0.5, 0.6) is 0 Å². The molecule has 2 unspecified atom stereocenters. The minimum atomic E-state index is -0.501. The van der Waals surface area contributed by atoms with Crippen LogP contribution in [-0.2, 0) is 17.8 Å². The van der Waals surface area contributed by atoms with E-state index in [1.807, 2.05) is 13.8 Å². The molecule has 8 heteroatoms. The molecule has 0 saturated heterocycles. The van der Waals surface area contributed by atoms with Gasteiger partial charge in [0.2, 0.25) is 0 Å². The highest BCUT2D eigenvalue weighted by atomic mass is 18.2. The molecule has 1 rings (SSSR count). The van der Waals surface area contributed by atoms with Crippen molar-refractivity contribution in [2.45, 2.75) is 99.2 Å². The van der Waals surface area contributed by atoms with E-state index in [4.69, 9.17) is 0 Å². The Bertz CT molecular complexity index is 550. The van der Waals surface area contributed by atoms with Crippen LogP contribution in [0.2, 0.25) is 0 Å². The lowest BCUT2D eigenvalue weighted by atomic mass is 10.1. The zero-order valence-corrected chi connectivity index (χ0v) is 16.1. The van der Waals surface area contributed by atoms with E-state index in [1.54, 1.807) is 6.20 Å². The first-order chi connectivity index (χ1) is 12.4. The molecule has 0 bridgehead atoms. The summed E-state index contributed by atoms with van der Waals surface area (Å²) < 4.78 is 13.6. The fraction of sp³-hybridized carbons (Fsp3) is 0.800. The summed E-state index contributed by atoms with van der Waals surface area (Å²) >= 11 is 0. The zero-order valence-electron chi connectivity index (χ0n) is 16.1. The summed E-state index contributed by atoms with van der Waals surface area (Å²) in [7, 11) is 0. The second kappa shape index (κ2) is 16.0. The maximum absolute atomic E-state index is 12.2. The number of amides is 2. The van der Waals surface area contributed by atoms with Gasteiger partial charge in [0.1, 0.15) is 12.5 Å². The minimum absolute atomic E-state index is 0. The van der Waals surface area contributed by atoms with E-state index < -0.39 is 6.67 Å². The van der Waals surface area contributed by atoms with Crippen molar-refractivity contribution in [2.75, 3.05) is 6.67 Å². The molecule has 1 aromatic heterocycles. The highest BCUT2D eigenvalue weighted by Crippen LogP contribution is 2.07. The van der Waals surface area contributed by atoms with Gasteiger partial charge in [-0.15, -0.1) is 5.10 Å². The van der Waals surface area contributed by atoms with Crippen LogP contribution in [0.1, 0.15) is 79.8 Å². The summed E-state index contributed by atoms with van der Waals surface area (Å²) in [6.07, 6.45) is 6.80. The zero-order chi connectivity index (χ0) is 19.4. The van der Waals surface area contributed by atoms with E-state index >= 15 is 0 Å². The molecule has 1 aromatic rings. The van der Waals surface area contributed by atoms with Gasteiger partial charge in [0.25, 0.3) is 0 Å². The number of hydrogen-bond donors (Lipinski definition) is 2. The summed E-state index contributed by atoms with van der Waals surface area (Å²) in [5.41, 5.74) is 0.580. The Morgan fingerprint density at radius 1 is 1.14 bits per heavy atom. The number of aromatic nitrogens is 3. The number of alkyl halides is 1. The number of rotatable bonds is 13. The fourth-order valence-electron chi connectivity index (χ4n) is 2.75. The van der Waals surface area contributed by atoms with Crippen molar-refractivity contribution in [3.8, 4) is 0 Å². The van der Waals surface area contributed by atoms with E-state index in [2.05, 4.69) is 27.9 Å². The van der Waals surface area contributed by atoms with E-state index in [0.29, 0.717) is 12.1 Å². The number of unbranched alkanes of at least 4 members (excludes halogenated alkanes) is 1. The third-order valence-corrected chi connectivity index (χ3v) is 4.10. The van der Waals surface area contributed by atoms with Gasteiger partial charge in [0.15, 0.2) is 0 Å². The highest BCUT2D eigenvalue weighted by Gasteiger charge is 2.11. The number of urea groups is 1. The first kappa shape index (κ1) is 28.2. The van der Waals surface area contributed by atoms with Crippen molar-refractivity contribution in [1.29, 1.82) is 0 Å². The second-order valence-corrected chi connectivity index (χ2v) is 6.83. The molecule has 0 radical (unpaired) electrons. The molecule has 2 amide bonds. The fourth-order valence-corrected chi connectivity index (χ4v) is 2.75. The van der Waals surface area contributed by atoms with Crippen molar-refractivity contribution in [2.24, 2.45) is 0 Å². The summed E-state index contributed by atoms with van der Waals surface area (Å²) in [5, 5.41) is 13.5. The van der Waals surface area contributed by atoms with E-state index in [9.17, 15) is 14.0 Å². The Morgan fingerprint density at radius 3 is 2.39 bits per heavy atom. The van der Waals surface area contributed by atoms with Gasteiger partial charge in [0, 0.05) is 24.7 Å². The Hall–Kier alpha value is -1.99. The summed E-state index contributed by atoms with van der Waals surface area (Å²) in [6.45, 7) is 5.71. The number of ketones is 1. The van der Waals surface area contributed by atoms with Gasteiger partial charge in [-0.1, -0.05) is 39.8 Å². The van der Waals surface area contributed by atoms with E-state index in [-0.39, 0.29) is 51.7 Å². The predicted molar refractivity (Wildman–Crippen MR) is 112 cm³/mol. The molecule has 0 aliphatic heterocycles. The predicted octanol–water partition coefficient (Wildman–Crippen LogP) is 4.07. The van der Waals surface area contributed by atoms with Crippen molar-refractivity contribution in [1.82, 2.24) is 25.6 Å². The molecular formula is C20H40FN5O2. The molecule has 1 heterocycles. The number of hydrogen-bond acceptors (Lipinski definition) is 4. The van der Waals surface area contributed by atoms with Crippen LogP contribution >= 0.6 is 0 Å². The highest BCUT2D eigenvalue weighted by molar-refractivity contribution is 5.80. The lowest BCUT2D eigenvalue weighted by Gasteiger charge is -2.17. The van der Waals surface area contributed by atoms with Crippen LogP contribution < -0.4 is 10.6 Å². The lowest BCUT2D eigenvalue weighted by Crippen LogP contribution is -2.44. The molecule has 0 aromatic carbocycles. The van der Waals surface area contributed by atoms with Crippen molar-refractivity contribution >= 4 is 11.8 Å². The first-order valence-electron chi connectivity index (χ1n) is 9.48. The molecule has 0 spiro atoms. The Kier molecular flexibility index (Phi) is 16.1. The van der Waals surface area contributed by atoms with Gasteiger partial charge in [-0.3, -0.25) is 4.79 Å². The number of nitrogens with zero attached hydrogens (tertiary/aromatic N) is 3. The van der Waals surface area contributed by atoms with Gasteiger partial charge >= 0.3 is 6.03 Å². The molecule has 0 saturated carbocycles. The average Bonchev–Trinajstić information content (AvgIpc) is 2.99. The molecule has 0 aliphatic rings. The molecule has 0 fully saturated rings. The number of carbonyl (C=O) groups excluding carboxylic acids is 2. The van der Waals surface area contributed by atoms with Gasteiger partial charge in [-0.05, 0) is 33.1 Å². The third-order valence-electron chi connectivity index (χ3n) is 4.10. The van der Waals surface area contributed by atoms with Crippen molar-refractivity contribution in [3.63, 3.8) is 0 Å².